The summed E-state index contributed by atoms with van der Waals surface area (Å²) in [6.45, 7) is -2.32. The van der Waals surface area contributed by atoms with Crippen molar-refractivity contribution < 1.29 is 55.1 Å². The van der Waals surface area contributed by atoms with Crippen molar-refractivity contribution >= 4 is 0 Å². The molecular formula is C12H22O11. The van der Waals surface area contributed by atoms with E-state index in [4.69, 9.17) is 24.4 Å². The Kier molecular flexibility index (Phi) is 5.92. The highest BCUT2D eigenvalue weighted by Gasteiger charge is 2.56. The van der Waals surface area contributed by atoms with E-state index in [-0.39, 0.29) is 0 Å². The summed E-state index contributed by atoms with van der Waals surface area (Å²) >= 11 is 0. The van der Waals surface area contributed by atoms with Crippen LogP contribution in [0.15, 0.2) is 0 Å². The van der Waals surface area contributed by atoms with Crippen LogP contribution in [0.3, 0.4) is 0 Å². The van der Waals surface area contributed by atoms with E-state index >= 15 is 0 Å². The van der Waals surface area contributed by atoms with Gasteiger partial charge in [0.1, 0.15) is 42.7 Å². The third-order valence-electron chi connectivity index (χ3n) is 4.04. The van der Waals surface area contributed by atoms with Gasteiger partial charge in [-0.2, -0.15) is 0 Å². The molecule has 2 rings (SSSR count). The Labute approximate surface area is 130 Å². The molecule has 0 amide bonds. The molecule has 2 aliphatic heterocycles. The second-order valence-corrected chi connectivity index (χ2v) is 5.58. The third-order valence-corrected chi connectivity index (χ3v) is 4.04. The molecule has 0 aromatic heterocycles. The number of aliphatic hydroxyl groups excluding tert-OH is 7. The van der Waals surface area contributed by atoms with Crippen LogP contribution in [-0.4, -0.2) is 115 Å². The van der Waals surface area contributed by atoms with Gasteiger partial charge < -0.3 is 55.1 Å². The van der Waals surface area contributed by atoms with Gasteiger partial charge >= 0.3 is 0 Å². The summed E-state index contributed by atoms with van der Waals surface area (Å²) < 4.78 is 15.3. The summed E-state index contributed by atoms with van der Waals surface area (Å²) in [7, 11) is 0. The summed E-state index contributed by atoms with van der Waals surface area (Å²) in [4.78, 5) is 0. The first-order valence-corrected chi connectivity index (χ1v) is 7.05. The molecule has 0 saturated carbocycles. The number of ether oxygens (including phenoxy) is 3. The molecule has 1 unspecified atom stereocenters. The molecule has 11 heteroatoms. The van der Waals surface area contributed by atoms with E-state index in [1.165, 1.54) is 0 Å². The normalized spacial score (nSPS) is 51.1. The summed E-state index contributed by atoms with van der Waals surface area (Å²) in [6, 6.07) is 0. The van der Waals surface area contributed by atoms with Crippen LogP contribution in [0, 0.1) is 0 Å². The third kappa shape index (κ3) is 3.36. The highest BCUT2D eigenvalue weighted by Crippen LogP contribution is 2.33. The second kappa shape index (κ2) is 7.21. The first kappa shape index (κ1) is 18.9. The van der Waals surface area contributed by atoms with Crippen LogP contribution in [0.4, 0.5) is 0 Å². The molecule has 0 aliphatic carbocycles. The summed E-state index contributed by atoms with van der Waals surface area (Å²) in [6.07, 6.45) is -12.2. The van der Waals surface area contributed by atoms with Crippen LogP contribution in [0.2, 0.25) is 0 Å². The molecule has 2 saturated heterocycles. The van der Waals surface area contributed by atoms with Gasteiger partial charge in [0.25, 0.3) is 0 Å². The smallest absolute Gasteiger partial charge is 0.219 e. The van der Waals surface area contributed by atoms with E-state index in [0.717, 1.165) is 0 Å². The van der Waals surface area contributed by atoms with Crippen LogP contribution >= 0.6 is 0 Å². The van der Waals surface area contributed by atoms with E-state index in [1.807, 2.05) is 0 Å². The van der Waals surface area contributed by atoms with Crippen LogP contribution < -0.4 is 0 Å². The van der Waals surface area contributed by atoms with Crippen molar-refractivity contribution in [2.75, 3.05) is 19.8 Å². The predicted octanol–water partition coefficient (Wildman–Crippen LogP) is -5.40. The maximum atomic E-state index is 10.00. The molecule has 2 fully saturated rings. The molecule has 9 atom stereocenters. The monoisotopic (exact) mass is 354 g/mol. The van der Waals surface area contributed by atoms with Gasteiger partial charge in [-0.3, -0.25) is 0 Å². The minimum Gasteiger partial charge on any atom is -0.394 e. The summed E-state index contributed by atoms with van der Waals surface area (Å²) in [5.41, 5.74) is 0. The Morgan fingerprint density at radius 3 is 2.00 bits per heavy atom. The molecule has 2 aliphatic rings. The fraction of sp³-hybridized carbons (Fsp3) is 1.00. The number of aliphatic hydroxyl groups is 8. The van der Waals surface area contributed by atoms with Gasteiger partial charge in [0.05, 0.1) is 19.8 Å². The number of hydrogen-bond donors (Lipinski definition) is 8. The Morgan fingerprint density at radius 1 is 0.870 bits per heavy atom. The van der Waals surface area contributed by atoms with Gasteiger partial charge in [0.15, 0.2) is 6.29 Å². The zero-order valence-corrected chi connectivity index (χ0v) is 12.0. The minimum atomic E-state index is -2.37. The van der Waals surface area contributed by atoms with E-state index in [0.29, 0.717) is 0 Å². The highest BCUT2D eigenvalue weighted by molar-refractivity contribution is 4.98. The van der Waals surface area contributed by atoms with Gasteiger partial charge in [0, 0.05) is 0 Å². The average Bonchev–Trinajstić information content (AvgIpc) is 2.80. The lowest BCUT2D eigenvalue weighted by Gasteiger charge is -2.41. The Hall–Kier alpha value is -0.440. The fourth-order valence-corrected chi connectivity index (χ4v) is 2.63. The van der Waals surface area contributed by atoms with Crippen LogP contribution in [0.5, 0.6) is 0 Å². The molecule has 2 heterocycles. The minimum absolute atomic E-state index is 0.668. The van der Waals surface area contributed by atoms with E-state index < -0.39 is 74.6 Å². The SMILES string of the molecule is O[13CH2][13C@H]1O[13C@@H](O[13C@@H]2[13C@@H]([13CH2]O)O[13C](O)([13CH2]O)[13C@H]2O)[13C@H](O)[13C@@H](O)[13C@H]1O. The average molecular weight is 354 g/mol. The van der Waals surface area contributed by atoms with E-state index in [9.17, 15) is 30.6 Å². The lowest BCUT2D eigenvalue weighted by atomic mass is 10.9. The van der Waals surface area contributed by atoms with Gasteiger partial charge in [-0.25, -0.2) is 0 Å². The van der Waals surface area contributed by atoms with Crippen molar-refractivity contribution in [2.45, 2.75) is 54.8 Å². The molecule has 11 nitrogen and oxygen atoms in total. The van der Waals surface area contributed by atoms with Crippen molar-refractivity contribution in [3.05, 3.63) is 0 Å². The number of rotatable bonds is 5. The van der Waals surface area contributed by atoms with Crippen molar-refractivity contribution in [3.8, 4) is 0 Å². The molecule has 0 spiro atoms. The van der Waals surface area contributed by atoms with E-state index in [2.05, 4.69) is 0 Å². The van der Waals surface area contributed by atoms with Crippen LogP contribution in [-0.2, 0) is 14.2 Å². The Morgan fingerprint density at radius 2 is 1.48 bits per heavy atom. The fourth-order valence-electron chi connectivity index (χ4n) is 2.63. The van der Waals surface area contributed by atoms with Crippen molar-refractivity contribution in [1.82, 2.24) is 0 Å². The molecule has 0 radical (unpaired) electrons. The topological polar surface area (TPSA) is 190 Å². The molecule has 136 valence electrons. The van der Waals surface area contributed by atoms with Gasteiger partial charge in [-0.05, 0) is 0 Å². The maximum Gasteiger partial charge on any atom is 0.219 e. The first-order chi connectivity index (χ1) is 10.8. The molecular weight excluding hydrogens is 332 g/mol. The van der Waals surface area contributed by atoms with Crippen LogP contribution in [0.1, 0.15) is 0 Å². The predicted molar refractivity (Wildman–Crippen MR) is 68.6 cm³/mol. The number of hydrogen-bond acceptors (Lipinski definition) is 11. The second-order valence-electron chi connectivity index (χ2n) is 5.58. The Balaban J connectivity index is 2.13. The highest BCUT2D eigenvalue weighted by atomic mass is 17.0. The summed E-state index contributed by atoms with van der Waals surface area (Å²) in [5, 5.41) is 76.5. The van der Waals surface area contributed by atoms with Crippen LogP contribution in [0.25, 0.3) is 0 Å². The van der Waals surface area contributed by atoms with Crippen molar-refractivity contribution in [3.63, 3.8) is 0 Å². The van der Waals surface area contributed by atoms with Crippen molar-refractivity contribution in [2.24, 2.45) is 0 Å². The molecule has 8 N–H and O–H groups in total. The molecule has 23 heavy (non-hydrogen) atoms. The largest absolute Gasteiger partial charge is 0.394 e. The summed E-state index contributed by atoms with van der Waals surface area (Å²) in [5.74, 6) is -2.37. The zero-order chi connectivity index (χ0) is 17.4. The lowest BCUT2D eigenvalue weighted by Crippen LogP contribution is -2.60. The Bertz CT molecular complexity index is 393. The molecule has 0 aromatic carbocycles. The maximum absolute atomic E-state index is 10.00. The van der Waals surface area contributed by atoms with E-state index in [1.54, 1.807) is 0 Å². The standard InChI is InChI=1S/C12H22O11/c13-1-4-6(16)7(17)8(18)11(21-4)22-9-5(2-14)23-12(20,3-15)10(9)19/h4-11,13-20H,1-3H2/t4-,5-,6+,7+,8-,9-,10+,11+,12?/m1/s1/i1+1,2+1,3+1,4+1,5+1,6+1,7+1,8+1,9+1,10+1,11+1,12+1. The van der Waals surface area contributed by atoms with Gasteiger partial charge in [0.2, 0.25) is 5.79 Å². The zero-order valence-electron chi connectivity index (χ0n) is 12.0. The van der Waals surface area contributed by atoms with Gasteiger partial charge in [-0.1, -0.05) is 0 Å². The molecule has 0 aromatic rings. The molecule has 0 bridgehead atoms. The first-order valence-electron chi connectivity index (χ1n) is 7.05. The lowest BCUT2D eigenvalue weighted by molar-refractivity contribution is -0.318. The quantitative estimate of drug-likeness (QED) is 0.220. The van der Waals surface area contributed by atoms with Gasteiger partial charge in [-0.15, -0.1) is 0 Å². The van der Waals surface area contributed by atoms with Crippen molar-refractivity contribution in [1.29, 1.82) is 0 Å².